The van der Waals surface area contributed by atoms with Crippen molar-refractivity contribution in [2.24, 2.45) is 0 Å². The maximum Gasteiger partial charge on any atom is -0.0181 e. The highest BCUT2D eigenvalue weighted by molar-refractivity contribution is 5.69. The van der Waals surface area contributed by atoms with Gasteiger partial charge in [0.15, 0.2) is 0 Å². The Labute approximate surface area is 109 Å². The molecular weight excluding hydrogens is 216 g/mol. The van der Waals surface area contributed by atoms with Gasteiger partial charge in [-0.25, -0.2) is 0 Å². The predicted molar refractivity (Wildman–Crippen MR) is 78.6 cm³/mol. The number of benzene rings is 2. The van der Waals surface area contributed by atoms with E-state index >= 15 is 0 Å². The smallest absolute Gasteiger partial charge is 0.0181 e. The van der Waals surface area contributed by atoms with Crippen molar-refractivity contribution in [3.63, 3.8) is 0 Å². The molecule has 0 heterocycles. The quantitative estimate of drug-likeness (QED) is 0.695. The van der Waals surface area contributed by atoms with Crippen molar-refractivity contribution in [3.8, 4) is 11.1 Å². The molecule has 1 aliphatic rings. The lowest BCUT2D eigenvalue weighted by Gasteiger charge is -2.06. The molecule has 3 rings (SSSR count). The maximum absolute atomic E-state index is 3.98. The molecule has 0 aromatic heterocycles. The maximum atomic E-state index is 3.98. The summed E-state index contributed by atoms with van der Waals surface area (Å²) in [6.07, 6.45) is 3.81. The minimum atomic E-state index is 1.12. The molecule has 0 heteroatoms. The third-order valence-electron chi connectivity index (χ3n) is 3.81. The first-order valence-corrected chi connectivity index (χ1v) is 6.62. The average molecular weight is 234 g/mol. The van der Waals surface area contributed by atoms with Gasteiger partial charge < -0.3 is 0 Å². The first-order chi connectivity index (χ1) is 8.74. The molecule has 1 aliphatic carbocycles. The van der Waals surface area contributed by atoms with E-state index in [1.807, 2.05) is 6.92 Å². The molecule has 0 fully saturated rings. The molecule has 90 valence electrons. The molecule has 2 aromatic carbocycles. The van der Waals surface area contributed by atoms with Gasteiger partial charge in [0.1, 0.15) is 0 Å². The third-order valence-corrected chi connectivity index (χ3v) is 3.81. The van der Waals surface area contributed by atoms with Crippen LogP contribution in [-0.4, -0.2) is 0 Å². The standard InChI is InChI=1S/C18H18/c1-13(2)14-6-8-16(9-7-14)18-11-10-15-4-3-5-17(15)12-18/h6-12H,1,3-5H2,2H3. The van der Waals surface area contributed by atoms with Gasteiger partial charge in [0.2, 0.25) is 0 Å². The van der Waals surface area contributed by atoms with E-state index in [9.17, 15) is 0 Å². The molecule has 0 saturated carbocycles. The van der Waals surface area contributed by atoms with Crippen LogP contribution in [0.2, 0.25) is 0 Å². The molecule has 0 radical (unpaired) electrons. The van der Waals surface area contributed by atoms with Crippen molar-refractivity contribution < 1.29 is 0 Å². The molecule has 0 saturated heterocycles. The molecule has 0 spiro atoms. The van der Waals surface area contributed by atoms with Gasteiger partial charge in [-0.1, -0.05) is 54.6 Å². The fraction of sp³-hybridized carbons (Fsp3) is 0.222. The van der Waals surface area contributed by atoms with E-state index in [1.165, 1.54) is 47.1 Å². The summed E-state index contributed by atoms with van der Waals surface area (Å²) in [5, 5.41) is 0. The largest absolute Gasteiger partial charge is 0.0955 e. The van der Waals surface area contributed by atoms with Crippen LogP contribution in [0, 0.1) is 0 Å². The second kappa shape index (κ2) is 4.45. The Bertz CT molecular complexity index is 588. The van der Waals surface area contributed by atoms with E-state index < -0.39 is 0 Å². The van der Waals surface area contributed by atoms with E-state index in [1.54, 1.807) is 0 Å². The summed E-state index contributed by atoms with van der Waals surface area (Å²) in [6, 6.07) is 15.6. The molecular formula is C18H18. The first kappa shape index (κ1) is 11.3. The minimum Gasteiger partial charge on any atom is -0.0955 e. The van der Waals surface area contributed by atoms with Gasteiger partial charge in [-0.15, -0.1) is 0 Å². The fourth-order valence-electron chi connectivity index (χ4n) is 2.70. The van der Waals surface area contributed by atoms with Crippen LogP contribution in [0.4, 0.5) is 0 Å². The van der Waals surface area contributed by atoms with Crippen LogP contribution in [-0.2, 0) is 12.8 Å². The summed E-state index contributed by atoms with van der Waals surface area (Å²) >= 11 is 0. The van der Waals surface area contributed by atoms with Crippen LogP contribution in [0.5, 0.6) is 0 Å². The van der Waals surface area contributed by atoms with Crippen molar-refractivity contribution in [1.82, 2.24) is 0 Å². The number of hydrogen-bond donors (Lipinski definition) is 0. The highest BCUT2D eigenvalue weighted by atomic mass is 14.2. The van der Waals surface area contributed by atoms with E-state index in [4.69, 9.17) is 0 Å². The van der Waals surface area contributed by atoms with Gasteiger partial charge in [-0.2, -0.15) is 0 Å². The van der Waals surface area contributed by atoms with E-state index in [-0.39, 0.29) is 0 Å². The zero-order valence-corrected chi connectivity index (χ0v) is 10.9. The molecule has 0 bridgehead atoms. The zero-order chi connectivity index (χ0) is 12.5. The van der Waals surface area contributed by atoms with Crippen LogP contribution in [0.15, 0.2) is 49.0 Å². The Morgan fingerprint density at radius 1 is 0.889 bits per heavy atom. The highest BCUT2D eigenvalue weighted by Gasteiger charge is 2.11. The van der Waals surface area contributed by atoms with Crippen LogP contribution in [0.3, 0.4) is 0 Å². The topological polar surface area (TPSA) is 0 Å². The van der Waals surface area contributed by atoms with Crippen LogP contribution in [0.1, 0.15) is 30.0 Å². The minimum absolute atomic E-state index is 1.12. The number of allylic oxidation sites excluding steroid dienone is 1. The Balaban J connectivity index is 1.97. The molecule has 0 unspecified atom stereocenters. The zero-order valence-electron chi connectivity index (χ0n) is 10.9. The Morgan fingerprint density at radius 3 is 2.28 bits per heavy atom. The molecule has 0 nitrogen and oxygen atoms in total. The van der Waals surface area contributed by atoms with Crippen molar-refractivity contribution in [2.75, 3.05) is 0 Å². The summed E-state index contributed by atoms with van der Waals surface area (Å²) in [5.74, 6) is 0. The molecule has 0 aliphatic heterocycles. The van der Waals surface area contributed by atoms with Gasteiger partial charge >= 0.3 is 0 Å². The number of aryl methyl sites for hydroxylation is 2. The second-order valence-corrected chi connectivity index (χ2v) is 5.19. The van der Waals surface area contributed by atoms with Gasteiger partial charge in [0.25, 0.3) is 0 Å². The lowest BCUT2D eigenvalue weighted by atomic mass is 9.98. The van der Waals surface area contributed by atoms with Crippen molar-refractivity contribution in [2.45, 2.75) is 26.2 Å². The monoisotopic (exact) mass is 234 g/mol. The normalized spacial score (nSPS) is 13.4. The van der Waals surface area contributed by atoms with Crippen molar-refractivity contribution >= 4 is 5.57 Å². The summed E-state index contributed by atoms with van der Waals surface area (Å²) in [4.78, 5) is 0. The van der Waals surface area contributed by atoms with Gasteiger partial charge in [0.05, 0.1) is 0 Å². The Morgan fingerprint density at radius 2 is 1.56 bits per heavy atom. The SMILES string of the molecule is C=C(C)c1ccc(-c2ccc3c(c2)CCC3)cc1. The van der Waals surface area contributed by atoms with Crippen LogP contribution < -0.4 is 0 Å². The molecule has 0 N–H and O–H groups in total. The summed E-state index contributed by atoms with van der Waals surface area (Å²) in [6.45, 7) is 6.02. The van der Waals surface area contributed by atoms with Gasteiger partial charge in [-0.3, -0.25) is 0 Å². The highest BCUT2D eigenvalue weighted by Crippen LogP contribution is 2.28. The lowest BCUT2D eigenvalue weighted by Crippen LogP contribution is -1.85. The third kappa shape index (κ3) is 1.99. The number of fused-ring (bicyclic) bond motifs is 1. The van der Waals surface area contributed by atoms with E-state index in [2.05, 4.69) is 49.0 Å². The Hall–Kier alpha value is -1.82. The van der Waals surface area contributed by atoms with E-state index in [0.717, 1.165) is 5.57 Å². The van der Waals surface area contributed by atoms with Crippen LogP contribution >= 0.6 is 0 Å². The van der Waals surface area contributed by atoms with Crippen LogP contribution in [0.25, 0.3) is 16.7 Å². The second-order valence-electron chi connectivity index (χ2n) is 5.19. The van der Waals surface area contributed by atoms with Crippen molar-refractivity contribution in [1.29, 1.82) is 0 Å². The number of hydrogen-bond acceptors (Lipinski definition) is 0. The first-order valence-electron chi connectivity index (χ1n) is 6.62. The number of rotatable bonds is 2. The molecule has 0 atom stereocenters. The predicted octanol–water partition coefficient (Wildman–Crippen LogP) is 4.88. The van der Waals surface area contributed by atoms with Gasteiger partial charge in [0, 0.05) is 0 Å². The fourth-order valence-corrected chi connectivity index (χ4v) is 2.70. The lowest BCUT2D eigenvalue weighted by molar-refractivity contribution is 0.912. The Kier molecular flexibility index (Phi) is 2.79. The van der Waals surface area contributed by atoms with Gasteiger partial charge in [-0.05, 0) is 54.0 Å². The average Bonchev–Trinajstić information content (AvgIpc) is 2.86. The molecule has 2 aromatic rings. The molecule has 18 heavy (non-hydrogen) atoms. The van der Waals surface area contributed by atoms with Crippen molar-refractivity contribution in [3.05, 3.63) is 65.7 Å². The molecule has 0 amide bonds. The van der Waals surface area contributed by atoms with E-state index in [0.29, 0.717) is 0 Å². The summed E-state index contributed by atoms with van der Waals surface area (Å²) in [7, 11) is 0. The summed E-state index contributed by atoms with van der Waals surface area (Å²) < 4.78 is 0. The summed E-state index contributed by atoms with van der Waals surface area (Å²) in [5.41, 5.74) is 8.06.